The van der Waals surface area contributed by atoms with Gasteiger partial charge in [0.15, 0.2) is 12.2 Å². The Morgan fingerprint density at radius 3 is 0.747 bits per heavy atom. The summed E-state index contributed by atoms with van der Waals surface area (Å²) >= 11 is 0. The van der Waals surface area contributed by atoms with Gasteiger partial charge in [-0.2, -0.15) is 0 Å². The van der Waals surface area contributed by atoms with Gasteiger partial charge < -0.3 is 33.8 Å². The Labute approximate surface area is 556 Å². The molecule has 0 spiro atoms. The van der Waals surface area contributed by atoms with E-state index in [1.165, 1.54) is 173 Å². The smallest absolute Gasteiger partial charge is 0.462 e. The van der Waals surface area contributed by atoms with Gasteiger partial charge in [-0.25, -0.2) is 9.13 Å². The maximum atomic E-state index is 13.1. The van der Waals surface area contributed by atoms with E-state index >= 15 is 0 Å². The van der Waals surface area contributed by atoms with Crippen molar-refractivity contribution in [2.24, 2.45) is 11.8 Å². The second-order valence-corrected chi connectivity index (χ2v) is 29.8. The number of carbonyl (C=O) groups is 4. The fraction of sp³-hybridized carbons (Fsp3) is 0.944. The maximum Gasteiger partial charge on any atom is 0.472 e. The molecule has 2 unspecified atom stereocenters. The van der Waals surface area contributed by atoms with Gasteiger partial charge in [-0.05, 0) is 37.5 Å². The minimum Gasteiger partial charge on any atom is -0.462 e. The summed E-state index contributed by atoms with van der Waals surface area (Å²) < 4.78 is 68.2. The van der Waals surface area contributed by atoms with Crippen LogP contribution in [0.15, 0.2) is 0 Å². The summed E-state index contributed by atoms with van der Waals surface area (Å²) in [4.78, 5) is 72.4. The predicted octanol–water partition coefficient (Wildman–Crippen LogP) is 20.8. The molecule has 0 aromatic heterocycles. The first kappa shape index (κ1) is 89.1. The lowest BCUT2D eigenvalue weighted by atomic mass is 10.0. The van der Waals surface area contributed by atoms with Crippen molar-refractivity contribution in [3.05, 3.63) is 0 Å². The molecule has 5 atom stereocenters. The summed E-state index contributed by atoms with van der Waals surface area (Å²) in [6, 6.07) is 0. The van der Waals surface area contributed by atoms with Crippen LogP contribution in [0, 0.1) is 11.8 Å². The molecule has 540 valence electrons. The topological polar surface area (TPSA) is 237 Å². The highest BCUT2D eigenvalue weighted by Crippen LogP contribution is 2.45. The number of unbranched alkanes of at least 4 members (excludes halogenated alkanes) is 41. The van der Waals surface area contributed by atoms with Crippen LogP contribution < -0.4 is 0 Å². The zero-order chi connectivity index (χ0) is 67.2. The van der Waals surface area contributed by atoms with Crippen LogP contribution >= 0.6 is 15.6 Å². The monoisotopic (exact) mass is 1340 g/mol. The molecule has 0 rings (SSSR count). The number of rotatable bonds is 71. The van der Waals surface area contributed by atoms with Crippen LogP contribution in [-0.2, 0) is 65.4 Å². The highest BCUT2D eigenvalue weighted by molar-refractivity contribution is 7.47. The van der Waals surface area contributed by atoms with Gasteiger partial charge in [0.25, 0.3) is 0 Å². The molecular weight excluding hydrogens is 1200 g/mol. The van der Waals surface area contributed by atoms with Crippen LogP contribution in [0.2, 0.25) is 0 Å². The third-order valence-corrected chi connectivity index (χ3v) is 18.6. The van der Waals surface area contributed by atoms with E-state index < -0.39 is 97.5 Å². The molecule has 0 fully saturated rings. The normalized spacial score (nSPS) is 14.1. The Balaban J connectivity index is 5.14. The summed E-state index contributed by atoms with van der Waals surface area (Å²) in [5.74, 6) is -0.536. The number of aliphatic hydroxyl groups excluding tert-OH is 1. The van der Waals surface area contributed by atoms with E-state index in [1.807, 2.05) is 0 Å². The van der Waals surface area contributed by atoms with Crippen molar-refractivity contribution in [1.29, 1.82) is 0 Å². The summed E-state index contributed by atoms with van der Waals surface area (Å²) in [6.45, 7) is 9.55. The molecule has 0 heterocycles. The Kier molecular flexibility index (Phi) is 62.7. The Hall–Kier alpha value is -1.94. The predicted molar refractivity (Wildman–Crippen MR) is 368 cm³/mol. The zero-order valence-electron chi connectivity index (χ0n) is 59.1. The first-order valence-corrected chi connectivity index (χ1v) is 40.5. The number of esters is 4. The van der Waals surface area contributed by atoms with Gasteiger partial charge in [0.05, 0.1) is 26.4 Å². The summed E-state index contributed by atoms with van der Waals surface area (Å²) in [5.41, 5.74) is 0. The highest BCUT2D eigenvalue weighted by atomic mass is 31.2. The average molecular weight is 1340 g/mol. The standard InChI is InChI=1S/C72H140O17P2/c1-7-9-11-13-15-36-42-48-54-69(74)82-60-67(88-71(76)56-50-44-37-16-14-12-10-8-2)62-86-90(78,79)84-58-66(73)59-85-91(80,81)87-63-68(61-83-70(75)55-49-43-38-32-29-25-27-31-35-41-47-53-65(5)6)89-72(77)57-51-45-39-33-28-24-22-20-18-17-19-21-23-26-30-34-40-46-52-64(3)4/h64-68,73H,7-63H2,1-6H3,(H,78,79)(H,80,81)/t66-,67+,68+/m0/s1. The second-order valence-electron chi connectivity index (χ2n) is 26.9. The van der Waals surface area contributed by atoms with Gasteiger partial charge in [-0.3, -0.25) is 37.3 Å². The van der Waals surface area contributed by atoms with Crippen molar-refractivity contribution in [3.63, 3.8) is 0 Å². The first-order valence-electron chi connectivity index (χ1n) is 37.5. The van der Waals surface area contributed by atoms with E-state index in [1.54, 1.807) is 0 Å². The molecule has 0 saturated heterocycles. The van der Waals surface area contributed by atoms with Gasteiger partial charge in [-0.15, -0.1) is 0 Å². The van der Waals surface area contributed by atoms with Gasteiger partial charge >= 0.3 is 39.5 Å². The molecule has 91 heavy (non-hydrogen) atoms. The molecule has 19 heteroatoms. The molecular formula is C72H140O17P2. The van der Waals surface area contributed by atoms with Crippen LogP contribution in [-0.4, -0.2) is 96.7 Å². The third kappa shape index (κ3) is 66.5. The average Bonchev–Trinajstić information content (AvgIpc) is 3.43. The molecule has 17 nitrogen and oxygen atoms in total. The number of hydrogen-bond acceptors (Lipinski definition) is 15. The van der Waals surface area contributed by atoms with Gasteiger partial charge in [0, 0.05) is 25.7 Å². The van der Waals surface area contributed by atoms with Crippen LogP contribution in [0.4, 0.5) is 0 Å². The van der Waals surface area contributed by atoms with Crippen LogP contribution in [0.25, 0.3) is 0 Å². The lowest BCUT2D eigenvalue weighted by Crippen LogP contribution is -2.30. The minimum absolute atomic E-state index is 0.105. The van der Waals surface area contributed by atoms with Crippen molar-refractivity contribution in [2.75, 3.05) is 39.6 Å². The quantitative estimate of drug-likeness (QED) is 0.0222. The molecule has 0 aromatic carbocycles. The number of phosphoric ester groups is 2. The number of phosphoric acid groups is 2. The lowest BCUT2D eigenvalue weighted by Gasteiger charge is -2.21. The summed E-state index contributed by atoms with van der Waals surface area (Å²) in [6.07, 6.45) is 50.2. The Bertz CT molecular complexity index is 1770. The Morgan fingerprint density at radius 1 is 0.297 bits per heavy atom. The van der Waals surface area contributed by atoms with E-state index in [-0.39, 0.29) is 25.7 Å². The minimum atomic E-state index is -4.95. The largest absolute Gasteiger partial charge is 0.472 e. The van der Waals surface area contributed by atoms with Crippen LogP contribution in [0.1, 0.15) is 369 Å². The maximum absolute atomic E-state index is 13.1. The molecule has 0 aromatic rings. The Morgan fingerprint density at radius 2 is 0.505 bits per heavy atom. The molecule has 0 aliphatic rings. The first-order chi connectivity index (χ1) is 43.9. The molecule has 3 N–H and O–H groups in total. The van der Waals surface area contributed by atoms with E-state index in [4.69, 9.17) is 37.0 Å². The third-order valence-electron chi connectivity index (χ3n) is 16.7. The number of carbonyl (C=O) groups excluding carboxylic acids is 4. The van der Waals surface area contributed by atoms with E-state index in [0.29, 0.717) is 25.7 Å². The number of ether oxygens (including phenoxy) is 4. The molecule has 0 bridgehead atoms. The molecule has 0 aliphatic heterocycles. The van der Waals surface area contributed by atoms with Crippen LogP contribution in [0.3, 0.4) is 0 Å². The highest BCUT2D eigenvalue weighted by Gasteiger charge is 2.30. The zero-order valence-corrected chi connectivity index (χ0v) is 60.9. The lowest BCUT2D eigenvalue weighted by molar-refractivity contribution is -0.161. The summed E-state index contributed by atoms with van der Waals surface area (Å²) in [5, 5.41) is 10.6. The van der Waals surface area contributed by atoms with E-state index in [9.17, 15) is 43.2 Å². The van der Waals surface area contributed by atoms with E-state index in [2.05, 4.69) is 41.5 Å². The second kappa shape index (κ2) is 64.1. The van der Waals surface area contributed by atoms with Gasteiger partial charge in [0.1, 0.15) is 19.3 Å². The SMILES string of the molecule is CCCCCCCCCCC(=O)OC[C@H](COP(=O)(O)OC[C@H](O)COP(=O)(O)OC[C@@H](COC(=O)CCCCCCCCCCCCCC(C)C)OC(=O)CCCCCCCCCCCCCCCCCCCCC(C)C)OC(=O)CCCCCCCCCC. The summed E-state index contributed by atoms with van der Waals surface area (Å²) in [7, 11) is -9.89. The fourth-order valence-electron chi connectivity index (χ4n) is 10.9. The fourth-order valence-corrected chi connectivity index (χ4v) is 12.5. The molecule has 0 radical (unpaired) electrons. The molecule has 0 saturated carbocycles. The van der Waals surface area contributed by atoms with E-state index in [0.717, 1.165) is 115 Å². The van der Waals surface area contributed by atoms with Gasteiger partial charge in [0.2, 0.25) is 0 Å². The van der Waals surface area contributed by atoms with Crippen molar-refractivity contribution in [2.45, 2.75) is 387 Å². The number of hydrogen-bond donors (Lipinski definition) is 3. The van der Waals surface area contributed by atoms with Crippen molar-refractivity contribution in [3.8, 4) is 0 Å². The van der Waals surface area contributed by atoms with Crippen molar-refractivity contribution in [1.82, 2.24) is 0 Å². The van der Waals surface area contributed by atoms with Crippen molar-refractivity contribution < 1.29 is 80.2 Å². The van der Waals surface area contributed by atoms with Crippen molar-refractivity contribution >= 4 is 39.5 Å². The van der Waals surface area contributed by atoms with Gasteiger partial charge in [-0.1, -0.05) is 318 Å². The number of aliphatic hydroxyl groups is 1. The molecule has 0 amide bonds. The molecule has 0 aliphatic carbocycles. The van der Waals surface area contributed by atoms with Crippen LogP contribution in [0.5, 0.6) is 0 Å².